The van der Waals surface area contributed by atoms with E-state index in [0.717, 1.165) is 25.9 Å². The van der Waals surface area contributed by atoms with Gasteiger partial charge in [-0.15, -0.1) is 0 Å². The summed E-state index contributed by atoms with van der Waals surface area (Å²) >= 11 is 0. The second kappa shape index (κ2) is 7.30. The van der Waals surface area contributed by atoms with E-state index in [1.54, 1.807) is 11.0 Å². The summed E-state index contributed by atoms with van der Waals surface area (Å²) in [6.45, 7) is 1.47. The molecule has 0 spiro atoms. The van der Waals surface area contributed by atoms with Gasteiger partial charge in [0.15, 0.2) is 23.1 Å². The second-order valence-corrected chi connectivity index (χ2v) is 7.63. The number of anilines is 1. The Kier molecular flexibility index (Phi) is 4.83. The zero-order valence-corrected chi connectivity index (χ0v) is 16.3. The molecule has 2 aromatic rings. The molecule has 1 amide bonds. The van der Waals surface area contributed by atoms with Crippen molar-refractivity contribution in [3.05, 3.63) is 41.7 Å². The van der Waals surface area contributed by atoms with Gasteiger partial charge in [0.05, 0.1) is 7.11 Å². The van der Waals surface area contributed by atoms with Gasteiger partial charge in [-0.05, 0) is 42.9 Å². The van der Waals surface area contributed by atoms with E-state index in [-0.39, 0.29) is 11.7 Å². The van der Waals surface area contributed by atoms with Gasteiger partial charge in [-0.25, -0.2) is 4.39 Å². The SMILES string of the molecule is COc1cc(-c2onc(N(C)C)c2C(=O)N2C[C@H]3CC=CC[C@H]3C2)ccc1F. The highest BCUT2D eigenvalue weighted by Gasteiger charge is 2.38. The van der Waals surface area contributed by atoms with Crippen LogP contribution in [0.1, 0.15) is 23.2 Å². The number of amides is 1. The van der Waals surface area contributed by atoms with Crippen LogP contribution in [0.5, 0.6) is 5.75 Å². The van der Waals surface area contributed by atoms with Crippen LogP contribution in [-0.2, 0) is 0 Å². The quantitative estimate of drug-likeness (QED) is 0.753. The highest BCUT2D eigenvalue weighted by Crippen LogP contribution is 2.38. The zero-order chi connectivity index (χ0) is 19.8. The third kappa shape index (κ3) is 3.15. The molecule has 148 valence electrons. The van der Waals surface area contributed by atoms with Gasteiger partial charge in [-0.2, -0.15) is 0 Å². The summed E-state index contributed by atoms with van der Waals surface area (Å²) in [6.07, 6.45) is 6.44. The van der Waals surface area contributed by atoms with Crippen molar-refractivity contribution in [3.8, 4) is 17.1 Å². The number of nitrogens with zero attached hydrogens (tertiary/aromatic N) is 3. The standard InChI is InChI=1S/C21H24FN3O3/c1-24(2)20-18(21(26)25-11-14-6-4-5-7-15(14)12-25)19(28-23-20)13-8-9-16(22)17(10-13)27-3/h4-5,8-10,14-15H,6-7,11-12H2,1-3H3/t14-,15+. The van der Waals surface area contributed by atoms with E-state index in [1.807, 2.05) is 19.0 Å². The summed E-state index contributed by atoms with van der Waals surface area (Å²) in [4.78, 5) is 17.1. The smallest absolute Gasteiger partial charge is 0.261 e. The molecule has 1 aromatic heterocycles. The zero-order valence-electron chi connectivity index (χ0n) is 16.3. The average molecular weight is 385 g/mol. The van der Waals surface area contributed by atoms with Gasteiger partial charge in [-0.3, -0.25) is 4.79 Å². The van der Waals surface area contributed by atoms with Crippen LogP contribution in [0.2, 0.25) is 0 Å². The molecule has 1 aliphatic heterocycles. The van der Waals surface area contributed by atoms with Crippen LogP contribution < -0.4 is 9.64 Å². The van der Waals surface area contributed by atoms with E-state index >= 15 is 0 Å². The van der Waals surface area contributed by atoms with Crippen molar-refractivity contribution in [1.82, 2.24) is 10.1 Å². The second-order valence-electron chi connectivity index (χ2n) is 7.63. The lowest BCUT2D eigenvalue weighted by Crippen LogP contribution is -2.30. The third-order valence-corrected chi connectivity index (χ3v) is 5.63. The van der Waals surface area contributed by atoms with Crippen molar-refractivity contribution in [2.24, 2.45) is 11.8 Å². The molecule has 7 heteroatoms. The predicted molar refractivity (Wildman–Crippen MR) is 104 cm³/mol. The number of allylic oxidation sites excluding steroid dienone is 2. The monoisotopic (exact) mass is 385 g/mol. The maximum atomic E-state index is 13.8. The number of likely N-dealkylation sites (tertiary alicyclic amines) is 1. The number of benzene rings is 1. The molecule has 0 N–H and O–H groups in total. The van der Waals surface area contributed by atoms with Crippen molar-refractivity contribution in [2.75, 3.05) is 39.2 Å². The Morgan fingerprint density at radius 3 is 2.54 bits per heavy atom. The molecule has 1 fully saturated rings. The number of hydrogen-bond acceptors (Lipinski definition) is 5. The highest BCUT2D eigenvalue weighted by atomic mass is 19.1. The summed E-state index contributed by atoms with van der Waals surface area (Å²) in [5, 5.41) is 4.11. The summed E-state index contributed by atoms with van der Waals surface area (Å²) in [5.74, 6) is 1.34. The number of fused-ring (bicyclic) bond motifs is 1. The van der Waals surface area contributed by atoms with Gasteiger partial charge < -0.3 is 19.1 Å². The first-order valence-corrected chi connectivity index (χ1v) is 9.44. The summed E-state index contributed by atoms with van der Waals surface area (Å²) in [5.41, 5.74) is 0.964. The van der Waals surface area contributed by atoms with Crippen molar-refractivity contribution in [2.45, 2.75) is 12.8 Å². The van der Waals surface area contributed by atoms with Crippen LogP contribution in [-0.4, -0.2) is 50.3 Å². The number of rotatable bonds is 4. The third-order valence-electron chi connectivity index (χ3n) is 5.63. The predicted octanol–water partition coefficient (Wildman–Crippen LogP) is 3.59. The fourth-order valence-electron chi connectivity index (χ4n) is 4.12. The Labute approximate surface area is 163 Å². The van der Waals surface area contributed by atoms with Crippen molar-refractivity contribution in [1.29, 1.82) is 0 Å². The van der Waals surface area contributed by atoms with Gasteiger partial charge in [0, 0.05) is 32.7 Å². The minimum Gasteiger partial charge on any atom is -0.494 e. The molecule has 2 heterocycles. The van der Waals surface area contributed by atoms with Crippen LogP contribution in [0.4, 0.5) is 10.2 Å². The Morgan fingerprint density at radius 2 is 1.93 bits per heavy atom. The Balaban J connectivity index is 1.72. The first kappa shape index (κ1) is 18.5. The normalized spacial score (nSPS) is 20.9. The molecular formula is C21H24FN3O3. The molecule has 0 bridgehead atoms. The maximum absolute atomic E-state index is 13.8. The summed E-state index contributed by atoms with van der Waals surface area (Å²) in [6, 6.07) is 4.40. The molecule has 0 unspecified atom stereocenters. The number of carbonyl (C=O) groups is 1. The molecule has 0 saturated carbocycles. The number of carbonyl (C=O) groups excluding carboxylic acids is 1. The van der Waals surface area contributed by atoms with Gasteiger partial charge in [0.1, 0.15) is 5.56 Å². The molecule has 6 nitrogen and oxygen atoms in total. The van der Waals surface area contributed by atoms with Gasteiger partial charge in [0.2, 0.25) is 0 Å². The fraction of sp³-hybridized carbons (Fsp3) is 0.429. The minimum atomic E-state index is -0.470. The number of ether oxygens (including phenoxy) is 1. The number of aromatic nitrogens is 1. The Hall–Kier alpha value is -2.83. The molecule has 1 saturated heterocycles. The van der Waals surface area contributed by atoms with Gasteiger partial charge in [0.25, 0.3) is 5.91 Å². The van der Waals surface area contributed by atoms with E-state index < -0.39 is 5.82 Å². The first-order valence-electron chi connectivity index (χ1n) is 9.44. The van der Waals surface area contributed by atoms with E-state index in [2.05, 4.69) is 17.3 Å². The van der Waals surface area contributed by atoms with Gasteiger partial charge >= 0.3 is 0 Å². The lowest BCUT2D eigenvalue weighted by Gasteiger charge is -2.18. The minimum absolute atomic E-state index is 0.0944. The number of halogens is 1. The molecular weight excluding hydrogens is 361 g/mol. The van der Waals surface area contributed by atoms with E-state index in [9.17, 15) is 9.18 Å². The van der Waals surface area contributed by atoms with Crippen molar-refractivity contribution < 1.29 is 18.4 Å². The lowest BCUT2D eigenvalue weighted by atomic mass is 9.86. The molecule has 4 rings (SSSR count). The largest absolute Gasteiger partial charge is 0.494 e. The van der Waals surface area contributed by atoms with Crippen LogP contribution in [0.15, 0.2) is 34.9 Å². The van der Waals surface area contributed by atoms with Crippen molar-refractivity contribution in [3.63, 3.8) is 0 Å². The van der Waals surface area contributed by atoms with Crippen LogP contribution >= 0.6 is 0 Å². The number of methoxy groups -OCH3 is 1. The summed E-state index contributed by atoms with van der Waals surface area (Å²) < 4.78 is 24.5. The number of hydrogen-bond donors (Lipinski definition) is 0. The molecule has 0 radical (unpaired) electrons. The molecule has 2 aliphatic rings. The fourth-order valence-corrected chi connectivity index (χ4v) is 4.12. The van der Waals surface area contributed by atoms with E-state index in [1.165, 1.54) is 19.2 Å². The first-order chi connectivity index (χ1) is 13.5. The van der Waals surface area contributed by atoms with Crippen LogP contribution in [0.25, 0.3) is 11.3 Å². The highest BCUT2D eigenvalue weighted by molar-refractivity contribution is 6.04. The molecule has 1 aromatic carbocycles. The Bertz CT molecular complexity index is 906. The topological polar surface area (TPSA) is 58.8 Å². The summed E-state index contributed by atoms with van der Waals surface area (Å²) in [7, 11) is 5.04. The van der Waals surface area contributed by atoms with Crippen LogP contribution in [0.3, 0.4) is 0 Å². The average Bonchev–Trinajstić information content (AvgIpc) is 3.32. The van der Waals surface area contributed by atoms with E-state index in [4.69, 9.17) is 9.26 Å². The molecule has 28 heavy (non-hydrogen) atoms. The maximum Gasteiger partial charge on any atom is 0.261 e. The molecule has 1 aliphatic carbocycles. The van der Waals surface area contributed by atoms with Crippen molar-refractivity contribution >= 4 is 11.7 Å². The molecule has 2 atom stereocenters. The van der Waals surface area contributed by atoms with E-state index in [0.29, 0.717) is 34.5 Å². The van der Waals surface area contributed by atoms with Crippen LogP contribution in [0, 0.1) is 17.7 Å². The van der Waals surface area contributed by atoms with Gasteiger partial charge in [-0.1, -0.05) is 17.3 Å². The Morgan fingerprint density at radius 1 is 1.25 bits per heavy atom. The lowest BCUT2D eigenvalue weighted by molar-refractivity contribution is 0.0785.